The van der Waals surface area contributed by atoms with Crippen molar-refractivity contribution in [3.05, 3.63) is 42.5 Å². The molecule has 0 amide bonds. The first-order valence-corrected chi connectivity index (χ1v) is 4.35. The lowest BCUT2D eigenvalue weighted by Crippen LogP contribution is -2.14. The van der Waals surface area contributed by atoms with E-state index in [4.69, 9.17) is 5.73 Å². The third-order valence-corrected chi connectivity index (χ3v) is 1.98. The Bertz CT molecular complexity index is 369. The number of rotatable bonds is 3. The molecule has 2 aromatic heterocycles. The molecule has 72 valence electrons. The molecule has 14 heavy (non-hydrogen) atoms. The van der Waals surface area contributed by atoms with Crippen molar-refractivity contribution in [3.63, 3.8) is 0 Å². The smallest absolute Gasteiger partial charge is 0.115 e. The summed E-state index contributed by atoms with van der Waals surface area (Å²) in [5.74, 6) is 0.876. The number of hydrogen-bond acceptors (Lipinski definition) is 4. The van der Waals surface area contributed by atoms with Crippen molar-refractivity contribution in [3.8, 4) is 0 Å². The SMILES string of the molecule is NC(Cc1ncc[nH]1)c1cncnc1. The Labute approximate surface area is 81.4 Å². The van der Waals surface area contributed by atoms with Crippen LogP contribution >= 0.6 is 0 Å². The summed E-state index contributed by atoms with van der Waals surface area (Å²) in [5.41, 5.74) is 6.87. The summed E-state index contributed by atoms with van der Waals surface area (Å²) in [6, 6.07) is -0.109. The van der Waals surface area contributed by atoms with Gasteiger partial charge in [0.1, 0.15) is 12.2 Å². The molecule has 5 nitrogen and oxygen atoms in total. The molecule has 0 saturated carbocycles. The molecule has 0 saturated heterocycles. The molecule has 0 aliphatic rings. The predicted molar refractivity (Wildman–Crippen MR) is 51.3 cm³/mol. The molecule has 1 atom stereocenters. The number of imidazole rings is 1. The van der Waals surface area contributed by atoms with E-state index < -0.39 is 0 Å². The van der Waals surface area contributed by atoms with Gasteiger partial charge in [-0.1, -0.05) is 0 Å². The van der Waals surface area contributed by atoms with Crippen molar-refractivity contribution >= 4 is 0 Å². The highest BCUT2D eigenvalue weighted by atomic mass is 14.9. The number of aromatic amines is 1. The first-order valence-electron chi connectivity index (χ1n) is 4.35. The zero-order valence-electron chi connectivity index (χ0n) is 7.59. The highest BCUT2D eigenvalue weighted by Gasteiger charge is 2.08. The Morgan fingerprint density at radius 3 is 2.79 bits per heavy atom. The standard InChI is InChI=1S/C9H11N5/c10-8(3-9-13-1-2-14-9)7-4-11-6-12-5-7/h1-2,4-6,8H,3,10H2,(H,13,14). The molecule has 2 rings (SSSR count). The molecule has 0 radical (unpaired) electrons. The Morgan fingerprint density at radius 1 is 1.36 bits per heavy atom. The van der Waals surface area contributed by atoms with E-state index in [0.29, 0.717) is 6.42 Å². The first-order chi connectivity index (χ1) is 6.86. The zero-order chi connectivity index (χ0) is 9.80. The summed E-state index contributed by atoms with van der Waals surface area (Å²) in [5, 5.41) is 0. The van der Waals surface area contributed by atoms with Gasteiger partial charge in [0, 0.05) is 42.8 Å². The highest BCUT2D eigenvalue weighted by molar-refractivity contribution is 5.10. The van der Waals surface area contributed by atoms with Gasteiger partial charge < -0.3 is 10.7 Å². The predicted octanol–water partition coefficient (Wildman–Crippen LogP) is 0.442. The van der Waals surface area contributed by atoms with Crippen LogP contribution in [0.5, 0.6) is 0 Å². The van der Waals surface area contributed by atoms with Crippen LogP contribution in [0.4, 0.5) is 0 Å². The molecular formula is C9H11N5. The Kier molecular flexibility index (Phi) is 2.51. The average molecular weight is 189 g/mol. The van der Waals surface area contributed by atoms with Gasteiger partial charge >= 0.3 is 0 Å². The minimum absolute atomic E-state index is 0.109. The number of nitrogens with one attached hydrogen (secondary N) is 1. The summed E-state index contributed by atoms with van der Waals surface area (Å²) in [7, 11) is 0. The summed E-state index contributed by atoms with van der Waals surface area (Å²) in [6.45, 7) is 0. The van der Waals surface area contributed by atoms with Gasteiger partial charge in [0.05, 0.1) is 0 Å². The van der Waals surface area contributed by atoms with Crippen molar-refractivity contribution < 1.29 is 0 Å². The van der Waals surface area contributed by atoms with Gasteiger partial charge in [-0.05, 0) is 0 Å². The summed E-state index contributed by atoms with van der Waals surface area (Å²) in [6.07, 6.45) is 9.10. The van der Waals surface area contributed by atoms with E-state index in [1.165, 1.54) is 6.33 Å². The van der Waals surface area contributed by atoms with E-state index in [1.54, 1.807) is 24.8 Å². The Hall–Kier alpha value is -1.75. The number of hydrogen-bond donors (Lipinski definition) is 2. The van der Waals surface area contributed by atoms with Crippen LogP contribution in [0.15, 0.2) is 31.1 Å². The second-order valence-electron chi connectivity index (χ2n) is 3.02. The maximum absolute atomic E-state index is 5.95. The fourth-order valence-corrected chi connectivity index (χ4v) is 1.24. The molecule has 0 aliphatic heterocycles. The fraction of sp³-hybridized carbons (Fsp3) is 0.222. The Balaban J connectivity index is 2.07. The molecule has 0 aliphatic carbocycles. The molecule has 3 N–H and O–H groups in total. The lowest BCUT2D eigenvalue weighted by molar-refractivity contribution is 0.687. The summed E-state index contributed by atoms with van der Waals surface area (Å²) in [4.78, 5) is 14.9. The average Bonchev–Trinajstić information content (AvgIpc) is 2.72. The van der Waals surface area contributed by atoms with Crippen LogP contribution < -0.4 is 5.73 Å². The van der Waals surface area contributed by atoms with Gasteiger partial charge in [-0.2, -0.15) is 0 Å². The van der Waals surface area contributed by atoms with Gasteiger partial charge in [-0.15, -0.1) is 0 Å². The van der Waals surface area contributed by atoms with Crippen LogP contribution in [-0.4, -0.2) is 19.9 Å². The van der Waals surface area contributed by atoms with Crippen LogP contribution in [0.2, 0.25) is 0 Å². The summed E-state index contributed by atoms with van der Waals surface area (Å²) >= 11 is 0. The molecule has 0 aromatic carbocycles. The molecule has 0 bridgehead atoms. The minimum atomic E-state index is -0.109. The quantitative estimate of drug-likeness (QED) is 0.734. The van der Waals surface area contributed by atoms with E-state index in [1.807, 2.05) is 0 Å². The van der Waals surface area contributed by atoms with Crippen molar-refractivity contribution in [2.75, 3.05) is 0 Å². The molecule has 0 fully saturated rings. The maximum atomic E-state index is 5.95. The van der Waals surface area contributed by atoms with E-state index in [0.717, 1.165) is 11.4 Å². The van der Waals surface area contributed by atoms with E-state index >= 15 is 0 Å². The first kappa shape index (κ1) is 8.83. The van der Waals surface area contributed by atoms with Crippen molar-refractivity contribution in [2.45, 2.75) is 12.5 Å². The van der Waals surface area contributed by atoms with E-state index in [2.05, 4.69) is 19.9 Å². The van der Waals surface area contributed by atoms with Crippen LogP contribution in [-0.2, 0) is 6.42 Å². The van der Waals surface area contributed by atoms with E-state index in [9.17, 15) is 0 Å². The van der Waals surface area contributed by atoms with Gasteiger partial charge in [0.2, 0.25) is 0 Å². The normalized spacial score (nSPS) is 12.6. The molecule has 0 spiro atoms. The fourth-order valence-electron chi connectivity index (χ4n) is 1.24. The number of nitrogens with two attached hydrogens (primary N) is 1. The third-order valence-electron chi connectivity index (χ3n) is 1.98. The minimum Gasteiger partial charge on any atom is -0.349 e. The van der Waals surface area contributed by atoms with Crippen molar-refractivity contribution in [2.24, 2.45) is 5.73 Å². The molecular weight excluding hydrogens is 178 g/mol. The number of nitrogens with zero attached hydrogens (tertiary/aromatic N) is 3. The lowest BCUT2D eigenvalue weighted by Gasteiger charge is -2.08. The molecule has 1 unspecified atom stereocenters. The van der Waals surface area contributed by atoms with Gasteiger partial charge in [-0.25, -0.2) is 15.0 Å². The highest BCUT2D eigenvalue weighted by Crippen LogP contribution is 2.10. The van der Waals surface area contributed by atoms with Gasteiger partial charge in [0.25, 0.3) is 0 Å². The molecule has 5 heteroatoms. The largest absolute Gasteiger partial charge is 0.349 e. The maximum Gasteiger partial charge on any atom is 0.115 e. The number of aromatic nitrogens is 4. The van der Waals surface area contributed by atoms with Crippen molar-refractivity contribution in [1.29, 1.82) is 0 Å². The van der Waals surface area contributed by atoms with Crippen LogP contribution in [0.25, 0.3) is 0 Å². The van der Waals surface area contributed by atoms with Crippen molar-refractivity contribution in [1.82, 2.24) is 19.9 Å². The van der Waals surface area contributed by atoms with Gasteiger partial charge in [-0.3, -0.25) is 0 Å². The molecule has 2 aromatic rings. The summed E-state index contributed by atoms with van der Waals surface area (Å²) < 4.78 is 0. The zero-order valence-corrected chi connectivity index (χ0v) is 7.59. The Morgan fingerprint density at radius 2 is 2.14 bits per heavy atom. The van der Waals surface area contributed by atoms with E-state index in [-0.39, 0.29) is 6.04 Å². The second kappa shape index (κ2) is 3.97. The topological polar surface area (TPSA) is 80.5 Å². The van der Waals surface area contributed by atoms with Crippen LogP contribution in [0.3, 0.4) is 0 Å². The number of H-pyrrole nitrogens is 1. The van der Waals surface area contributed by atoms with Crippen LogP contribution in [0, 0.1) is 0 Å². The monoisotopic (exact) mass is 189 g/mol. The molecule has 2 heterocycles. The third kappa shape index (κ3) is 1.94. The second-order valence-corrected chi connectivity index (χ2v) is 3.02. The van der Waals surface area contributed by atoms with Gasteiger partial charge in [0.15, 0.2) is 0 Å². The van der Waals surface area contributed by atoms with Crippen LogP contribution in [0.1, 0.15) is 17.4 Å². The lowest BCUT2D eigenvalue weighted by atomic mass is 10.1.